The van der Waals surface area contributed by atoms with Gasteiger partial charge in [-0.1, -0.05) is 46.8 Å². The maximum absolute atomic E-state index is 12.8. The molecule has 0 bridgehead atoms. The predicted molar refractivity (Wildman–Crippen MR) is 125 cm³/mol. The van der Waals surface area contributed by atoms with E-state index in [-0.39, 0.29) is 40.5 Å². The molecule has 3 rings (SSSR count). The molecule has 1 amide bonds. The Morgan fingerprint density at radius 2 is 1.82 bits per heavy atom. The lowest BCUT2D eigenvalue weighted by atomic mass is 9.78. The number of ether oxygens (including phenoxy) is 1. The SMILES string of the molecule is COCc1c(C(=O)NN=Cc2cc(C(C)(C)C)c(O)c(C(C)(C)C)c2)nnn1-c1nonc1N. The van der Waals surface area contributed by atoms with Crippen LogP contribution in [0, 0.1) is 0 Å². The van der Waals surface area contributed by atoms with Gasteiger partial charge in [0.05, 0.1) is 12.8 Å². The molecule has 3 aromatic rings. The summed E-state index contributed by atoms with van der Waals surface area (Å²) in [6.45, 7) is 12.1. The van der Waals surface area contributed by atoms with Gasteiger partial charge in [-0.3, -0.25) is 4.79 Å². The molecule has 0 unspecified atom stereocenters. The van der Waals surface area contributed by atoms with Crippen LogP contribution in [0.4, 0.5) is 5.82 Å². The summed E-state index contributed by atoms with van der Waals surface area (Å²) in [7, 11) is 1.46. The number of hydrogen-bond acceptors (Lipinski definition) is 10. The summed E-state index contributed by atoms with van der Waals surface area (Å²) in [5.74, 6) is -0.251. The van der Waals surface area contributed by atoms with E-state index in [9.17, 15) is 9.90 Å². The van der Waals surface area contributed by atoms with Crippen molar-refractivity contribution in [2.75, 3.05) is 12.8 Å². The minimum absolute atomic E-state index is 0.00755. The van der Waals surface area contributed by atoms with Crippen LogP contribution in [-0.4, -0.2) is 49.6 Å². The number of phenols is 1. The summed E-state index contributed by atoms with van der Waals surface area (Å²) >= 11 is 0. The number of carbonyl (C=O) groups excluding carboxylic acids is 1. The summed E-state index contributed by atoms with van der Waals surface area (Å²) in [4.78, 5) is 12.8. The second kappa shape index (κ2) is 9.21. The van der Waals surface area contributed by atoms with E-state index >= 15 is 0 Å². The van der Waals surface area contributed by atoms with Gasteiger partial charge in [-0.15, -0.1) is 5.10 Å². The third-order valence-corrected chi connectivity index (χ3v) is 5.08. The van der Waals surface area contributed by atoms with Gasteiger partial charge in [0.1, 0.15) is 11.4 Å². The van der Waals surface area contributed by atoms with Crippen LogP contribution in [0.5, 0.6) is 5.75 Å². The number of hydrogen-bond donors (Lipinski definition) is 3. The highest BCUT2D eigenvalue weighted by Gasteiger charge is 2.27. The third-order valence-electron chi connectivity index (χ3n) is 5.08. The molecule has 0 atom stereocenters. The normalized spacial score (nSPS) is 12.4. The summed E-state index contributed by atoms with van der Waals surface area (Å²) < 4.78 is 11.0. The van der Waals surface area contributed by atoms with Gasteiger partial charge in [0.25, 0.3) is 5.91 Å². The van der Waals surface area contributed by atoms with Gasteiger partial charge in [-0.2, -0.15) is 9.78 Å². The van der Waals surface area contributed by atoms with Crippen LogP contribution in [0.25, 0.3) is 5.82 Å². The van der Waals surface area contributed by atoms with Crippen LogP contribution in [0.15, 0.2) is 21.9 Å². The molecule has 0 saturated carbocycles. The van der Waals surface area contributed by atoms with Crippen LogP contribution >= 0.6 is 0 Å². The molecule has 4 N–H and O–H groups in total. The zero-order valence-corrected chi connectivity index (χ0v) is 20.4. The van der Waals surface area contributed by atoms with Crippen LogP contribution in [-0.2, 0) is 22.2 Å². The van der Waals surface area contributed by atoms with Crippen molar-refractivity contribution in [1.82, 2.24) is 30.7 Å². The molecule has 1 aromatic carbocycles. The molecule has 0 aliphatic rings. The Labute approximate surface area is 197 Å². The molecule has 2 heterocycles. The van der Waals surface area contributed by atoms with Crippen LogP contribution in [0.1, 0.15) is 74.4 Å². The number of benzene rings is 1. The van der Waals surface area contributed by atoms with E-state index in [1.807, 2.05) is 53.7 Å². The van der Waals surface area contributed by atoms with Gasteiger partial charge >= 0.3 is 0 Å². The lowest BCUT2D eigenvalue weighted by molar-refractivity contribution is 0.0944. The molecule has 12 nitrogen and oxygen atoms in total. The number of amides is 1. The van der Waals surface area contributed by atoms with Gasteiger partial charge in [0.15, 0.2) is 5.69 Å². The lowest BCUT2D eigenvalue weighted by Gasteiger charge is -2.27. The number of carbonyl (C=O) groups is 1. The first-order valence-corrected chi connectivity index (χ1v) is 10.6. The molecular formula is C22H30N8O4. The van der Waals surface area contributed by atoms with Crippen molar-refractivity contribution in [1.29, 1.82) is 0 Å². The minimum atomic E-state index is -0.601. The number of phenolic OH excluding ortho intramolecular Hbond substituents is 1. The van der Waals surface area contributed by atoms with Crippen molar-refractivity contribution in [3.8, 4) is 11.6 Å². The van der Waals surface area contributed by atoms with Gasteiger partial charge < -0.3 is 15.6 Å². The second-order valence-corrected chi connectivity index (χ2v) is 9.87. The van der Waals surface area contributed by atoms with Crippen molar-refractivity contribution in [2.24, 2.45) is 5.10 Å². The standard InChI is InChI=1S/C22H30N8O4/c1-21(2,3)13-8-12(9-14(17(13)31)22(4,5)6)10-24-26-20(32)16-15(11-33-7)30(29-25-16)19-18(23)27-34-28-19/h8-10,31H,11H2,1-7H3,(H2,23,27)(H,26,32). The maximum Gasteiger partial charge on any atom is 0.293 e. The van der Waals surface area contributed by atoms with E-state index in [0.717, 1.165) is 16.7 Å². The fraction of sp³-hybridized carbons (Fsp3) is 0.455. The first-order valence-electron chi connectivity index (χ1n) is 10.6. The van der Waals surface area contributed by atoms with Gasteiger partial charge in [0.2, 0.25) is 11.6 Å². The Morgan fingerprint density at radius 1 is 1.21 bits per heavy atom. The molecule has 0 saturated heterocycles. The van der Waals surface area contributed by atoms with Gasteiger partial charge in [0, 0.05) is 18.2 Å². The molecule has 0 spiro atoms. The number of aromatic hydroxyl groups is 1. The number of aromatic nitrogens is 5. The smallest absolute Gasteiger partial charge is 0.293 e. The van der Waals surface area contributed by atoms with E-state index in [1.165, 1.54) is 18.0 Å². The Balaban J connectivity index is 1.90. The Hall–Kier alpha value is -3.80. The molecule has 182 valence electrons. The van der Waals surface area contributed by atoms with Gasteiger partial charge in [-0.25, -0.2) is 10.1 Å². The van der Waals surface area contributed by atoms with Crippen molar-refractivity contribution in [3.05, 3.63) is 40.2 Å². The minimum Gasteiger partial charge on any atom is -0.507 e. The number of nitrogens with zero attached hydrogens (tertiary/aromatic N) is 6. The molecule has 0 radical (unpaired) electrons. The van der Waals surface area contributed by atoms with Crippen LogP contribution < -0.4 is 11.2 Å². The number of nitrogens with one attached hydrogen (secondary N) is 1. The van der Waals surface area contributed by atoms with Crippen molar-refractivity contribution in [3.63, 3.8) is 0 Å². The molecule has 0 fully saturated rings. The number of hydrazone groups is 1. The van der Waals surface area contributed by atoms with E-state index < -0.39 is 5.91 Å². The van der Waals surface area contributed by atoms with Crippen molar-refractivity contribution >= 4 is 17.9 Å². The summed E-state index contributed by atoms with van der Waals surface area (Å²) in [5, 5.41) is 30.0. The van der Waals surface area contributed by atoms with Crippen molar-refractivity contribution < 1.29 is 19.3 Å². The van der Waals surface area contributed by atoms with E-state index in [2.05, 4.69) is 35.8 Å². The number of methoxy groups -OCH3 is 1. The fourth-order valence-electron chi connectivity index (χ4n) is 3.35. The lowest BCUT2D eigenvalue weighted by Crippen LogP contribution is -2.21. The zero-order chi connectivity index (χ0) is 25.3. The molecule has 12 heteroatoms. The quantitative estimate of drug-likeness (QED) is 0.362. The predicted octanol–water partition coefficient (Wildman–Crippen LogP) is 2.44. The first kappa shape index (κ1) is 24.8. The van der Waals surface area contributed by atoms with Gasteiger partial charge in [-0.05, 0) is 38.8 Å². The highest BCUT2D eigenvalue weighted by Crippen LogP contribution is 2.39. The fourth-order valence-corrected chi connectivity index (χ4v) is 3.35. The number of nitrogen functional groups attached to an aromatic ring is 1. The Bertz CT molecular complexity index is 1180. The topological polar surface area (TPSA) is 167 Å². The maximum atomic E-state index is 12.8. The average Bonchev–Trinajstić information content (AvgIpc) is 3.33. The summed E-state index contributed by atoms with van der Waals surface area (Å²) in [5.41, 5.74) is 10.2. The number of rotatable bonds is 6. The molecule has 34 heavy (non-hydrogen) atoms. The highest BCUT2D eigenvalue weighted by molar-refractivity contribution is 5.94. The summed E-state index contributed by atoms with van der Waals surface area (Å²) in [6.07, 6.45) is 1.52. The largest absolute Gasteiger partial charge is 0.507 e. The first-order chi connectivity index (χ1) is 15.8. The van der Waals surface area contributed by atoms with Crippen LogP contribution in [0.2, 0.25) is 0 Å². The second-order valence-electron chi connectivity index (χ2n) is 9.87. The molecule has 2 aromatic heterocycles. The average molecular weight is 471 g/mol. The van der Waals surface area contributed by atoms with E-state index in [4.69, 9.17) is 10.5 Å². The zero-order valence-electron chi connectivity index (χ0n) is 20.4. The Kier molecular flexibility index (Phi) is 6.73. The van der Waals surface area contributed by atoms with E-state index in [1.54, 1.807) is 0 Å². The molecule has 0 aliphatic carbocycles. The number of nitrogens with two attached hydrogens (primary N) is 1. The number of anilines is 1. The van der Waals surface area contributed by atoms with Crippen molar-refractivity contribution in [2.45, 2.75) is 59.0 Å². The summed E-state index contributed by atoms with van der Waals surface area (Å²) in [6, 6.07) is 3.71. The monoisotopic (exact) mass is 470 g/mol. The highest BCUT2D eigenvalue weighted by atomic mass is 16.6. The third kappa shape index (κ3) is 5.06. The van der Waals surface area contributed by atoms with Crippen LogP contribution in [0.3, 0.4) is 0 Å². The van der Waals surface area contributed by atoms with E-state index in [0.29, 0.717) is 5.69 Å². The molecule has 0 aliphatic heterocycles. The Morgan fingerprint density at radius 3 is 2.32 bits per heavy atom. The molecular weight excluding hydrogens is 440 g/mol.